The molecular formula is C17H15ClN4O3S. The number of amides is 1. The van der Waals surface area contributed by atoms with Gasteiger partial charge in [0, 0.05) is 16.9 Å². The number of nitrogens with one attached hydrogen (secondary N) is 1. The van der Waals surface area contributed by atoms with E-state index in [1.165, 1.54) is 24.4 Å². The highest BCUT2D eigenvalue weighted by molar-refractivity contribution is 7.89. The molecule has 134 valence electrons. The lowest BCUT2D eigenvalue weighted by Gasteiger charge is -2.05. The third-order valence-electron chi connectivity index (χ3n) is 3.61. The van der Waals surface area contributed by atoms with Gasteiger partial charge in [0.05, 0.1) is 23.2 Å². The Hall–Kier alpha value is -2.68. The van der Waals surface area contributed by atoms with Gasteiger partial charge in [0.2, 0.25) is 10.0 Å². The highest BCUT2D eigenvalue weighted by atomic mass is 35.5. The average Bonchev–Trinajstić information content (AvgIpc) is 3.05. The third kappa shape index (κ3) is 4.29. The molecule has 0 aliphatic carbocycles. The zero-order valence-corrected chi connectivity index (χ0v) is 15.0. The minimum atomic E-state index is -3.84. The summed E-state index contributed by atoms with van der Waals surface area (Å²) in [6.07, 6.45) is 3.01. The first-order valence-electron chi connectivity index (χ1n) is 7.53. The van der Waals surface area contributed by atoms with Crippen LogP contribution in [0.25, 0.3) is 0 Å². The molecule has 1 aromatic heterocycles. The van der Waals surface area contributed by atoms with Crippen molar-refractivity contribution in [1.82, 2.24) is 9.78 Å². The van der Waals surface area contributed by atoms with Crippen molar-refractivity contribution in [1.29, 1.82) is 0 Å². The Kier molecular flexibility index (Phi) is 5.08. The van der Waals surface area contributed by atoms with Crippen LogP contribution in [0.15, 0.2) is 65.8 Å². The first kappa shape index (κ1) is 18.1. The summed E-state index contributed by atoms with van der Waals surface area (Å²) in [6.45, 7) is 0.424. The maximum Gasteiger partial charge on any atom is 0.258 e. The molecule has 0 saturated heterocycles. The molecule has 3 N–H and O–H groups in total. The molecule has 1 heterocycles. The van der Waals surface area contributed by atoms with Crippen LogP contribution in [-0.4, -0.2) is 24.1 Å². The zero-order chi connectivity index (χ0) is 18.7. The number of sulfonamides is 1. The van der Waals surface area contributed by atoms with Crippen molar-refractivity contribution in [3.05, 3.63) is 77.1 Å². The van der Waals surface area contributed by atoms with Crippen molar-refractivity contribution in [3.63, 3.8) is 0 Å². The predicted molar refractivity (Wildman–Crippen MR) is 98.5 cm³/mol. The number of rotatable bonds is 5. The Morgan fingerprint density at radius 1 is 1.19 bits per heavy atom. The molecule has 0 saturated carbocycles. The summed E-state index contributed by atoms with van der Waals surface area (Å²) < 4.78 is 24.4. The Balaban J connectivity index is 1.74. The highest BCUT2D eigenvalue weighted by Crippen LogP contribution is 2.17. The van der Waals surface area contributed by atoms with Gasteiger partial charge in [0.15, 0.2) is 0 Å². The summed E-state index contributed by atoms with van der Waals surface area (Å²) in [5.74, 6) is -0.415. The van der Waals surface area contributed by atoms with Crippen LogP contribution in [-0.2, 0) is 16.6 Å². The molecule has 9 heteroatoms. The number of carbonyl (C=O) groups is 1. The number of carbonyl (C=O) groups excluding carboxylic acids is 1. The molecule has 0 aliphatic rings. The van der Waals surface area contributed by atoms with Gasteiger partial charge in [-0.25, -0.2) is 13.6 Å². The molecule has 0 spiro atoms. The summed E-state index contributed by atoms with van der Waals surface area (Å²) in [5, 5.41) is 12.5. The Labute approximate surface area is 155 Å². The lowest BCUT2D eigenvalue weighted by Crippen LogP contribution is -2.14. The van der Waals surface area contributed by atoms with E-state index in [2.05, 4.69) is 10.4 Å². The van der Waals surface area contributed by atoms with Crippen molar-refractivity contribution >= 4 is 33.2 Å². The van der Waals surface area contributed by atoms with E-state index in [0.717, 1.165) is 5.56 Å². The van der Waals surface area contributed by atoms with Crippen molar-refractivity contribution in [2.24, 2.45) is 5.14 Å². The number of nitrogens with two attached hydrogens (primary N) is 1. The van der Waals surface area contributed by atoms with Crippen LogP contribution in [0.5, 0.6) is 0 Å². The average molecular weight is 391 g/mol. The second kappa shape index (κ2) is 7.28. The molecule has 26 heavy (non-hydrogen) atoms. The van der Waals surface area contributed by atoms with E-state index >= 15 is 0 Å². The Morgan fingerprint density at radius 3 is 2.69 bits per heavy atom. The van der Waals surface area contributed by atoms with Crippen LogP contribution in [0, 0.1) is 0 Å². The van der Waals surface area contributed by atoms with Crippen LogP contribution >= 0.6 is 11.6 Å². The number of aromatic nitrogens is 2. The molecule has 0 unspecified atom stereocenters. The van der Waals surface area contributed by atoms with Crippen molar-refractivity contribution in [2.45, 2.75) is 11.4 Å². The second-order valence-electron chi connectivity index (χ2n) is 5.54. The first-order valence-corrected chi connectivity index (χ1v) is 9.45. The minimum Gasteiger partial charge on any atom is -0.322 e. The summed E-state index contributed by atoms with van der Waals surface area (Å²) in [4.78, 5) is 12.3. The number of nitrogens with zero attached hydrogens (tertiary/aromatic N) is 2. The van der Waals surface area contributed by atoms with Gasteiger partial charge >= 0.3 is 0 Å². The standard InChI is InChI=1S/C17H15ClN4O3S/c18-16-7-2-1-4-12(16)10-22-11-13(9-20-22)17(23)21-14-5-3-6-15(8-14)26(19,24)25/h1-9,11H,10H2,(H,21,23)(H2,19,24,25). The van der Waals surface area contributed by atoms with Gasteiger partial charge in [0.1, 0.15) is 0 Å². The summed E-state index contributed by atoms with van der Waals surface area (Å²) >= 11 is 6.12. The zero-order valence-electron chi connectivity index (χ0n) is 13.5. The molecule has 7 nitrogen and oxygen atoms in total. The van der Waals surface area contributed by atoms with Gasteiger partial charge in [-0.2, -0.15) is 5.10 Å². The molecule has 0 radical (unpaired) electrons. The number of halogens is 1. The fourth-order valence-corrected chi connectivity index (χ4v) is 3.08. The van der Waals surface area contributed by atoms with Crippen LogP contribution in [0.2, 0.25) is 5.02 Å². The van der Waals surface area contributed by atoms with E-state index in [9.17, 15) is 13.2 Å². The number of hydrogen-bond acceptors (Lipinski definition) is 4. The van der Waals surface area contributed by atoms with Crippen LogP contribution < -0.4 is 10.5 Å². The van der Waals surface area contributed by atoms with Gasteiger partial charge in [-0.3, -0.25) is 9.48 Å². The summed E-state index contributed by atoms with van der Waals surface area (Å²) in [5.41, 5.74) is 1.53. The number of anilines is 1. The minimum absolute atomic E-state index is 0.0790. The van der Waals surface area contributed by atoms with Gasteiger partial charge in [-0.1, -0.05) is 35.9 Å². The summed E-state index contributed by atoms with van der Waals surface area (Å²) in [6, 6.07) is 13.1. The van der Waals surface area contributed by atoms with Gasteiger partial charge < -0.3 is 5.32 Å². The molecule has 0 aliphatic heterocycles. The SMILES string of the molecule is NS(=O)(=O)c1cccc(NC(=O)c2cnn(Cc3ccccc3Cl)c2)c1. The Morgan fingerprint density at radius 2 is 1.96 bits per heavy atom. The maximum atomic E-state index is 12.3. The van der Waals surface area contributed by atoms with E-state index in [1.807, 2.05) is 18.2 Å². The monoisotopic (exact) mass is 390 g/mol. The van der Waals surface area contributed by atoms with E-state index in [1.54, 1.807) is 23.0 Å². The molecule has 3 rings (SSSR count). The predicted octanol–water partition coefficient (Wildman–Crippen LogP) is 2.48. The van der Waals surface area contributed by atoms with Crippen molar-refractivity contribution < 1.29 is 13.2 Å². The van der Waals surface area contributed by atoms with Crippen LogP contribution in [0.4, 0.5) is 5.69 Å². The quantitative estimate of drug-likeness (QED) is 0.697. The van der Waals surface area contributed by atoms with Gasteiger partial charge in [-0.15, -0.1) is 0 Å². The fourth-order valence-electron chi connectivity index (χ4n) is 2.32. The van der Waals surface area contributed by atoms with Crippen LogP contribution in [0.3, 0.4) is 0 Å². The third-order valence-corrected chi connectivity index (χ3v) is 4.89. The largest absolute Gasteiger partial charge is 0.322 e. The number of primary sulfonamides is 1. The molecule has 0 fully saturated rings. The van der Waals surface area contributed by atoms with Crippen LogP contribution in [0.1, 0.15) is 15.9 Å². The lowest BCUT2D eigenvalue weighted by atomic mass is 10.2. The van der Waals surface area contributed by atoms with E-state index < -0.39 is 15.9 Å². The normalized spacial score (nSPS) is 11.3. The molecule has 0 atom stereocenters. The van der Waals surface area contributed by atoms with E-state index in [-0.39, 0.29) is 4.90 Å². The second-order valence-corrected chi connectivity index (χ2v) is 7.51. The molecule has 1 amide bonds. The van der Waals surface area contributed by atoms with E-state index in [0.29, 0.717) is 22.8 Å². The van der Waals surface area contributed by atoms with Crippen molar-refractivity contribution in [3.8, 4) is 0 Å². The maximum absolute atomic E-state index is 12.3. The molecule has 3 aromatic rings. The van der Waals surface area contributed by atoms with Gasteiger partial charge in [0.25, 0.3) is 5.91 Å². The highest BCUT2D eigenvalue weighted by Gasteiger charge is 2.12. The molecule has 0 bridgehead atoms. The first-order chi connectivity index (χ1) is 12.3. The topological polar surface area (TPSA) is 107 Å². The summed E-state index contributed by atoms with van der Waals surface area (Å²) in [7, 11) is -3.84. The van der Waals surface area contributed by atoms with Crippen molar-refractivity contribution in [2.75, 3.05) is 5.32 Å². The molecular weight excluding hydrogens is 376 g/mol. The fraction of sp³-hybridized carbons (Fsp3) is 0.0588. The number of hydrogen-bond donors (Lipinski definition) is 2. The Bertz CT molecular complexity index is 1060. The smallest absolute Gasteiger partial charge is 0.258 e. The lowest BCUT2D eigenvalue weighted by molar-refractivity contribution is 0.102. The number of benzene rings is 2. The van der Waals surface area contributed by atoms with E-state index in [4.69, 9.17) is 16.7 Å². The van der Waals surface area contributed by atoms with Gasteiger partial charge in [-0.05, 0) is 29.8 Å². The molecule has 2 aromatic carbocycles.